The van der Waals surface area contributed by atoms with Crippen LogP contribution in [0.2, 0.25) is 0 Å². The average Bonchev–Trinajstić information content (AvgIpc) is 3.20. The normalized spacial score (nSPS) is 17.4. The van der Waals surface area contributed by atoms with Gasteiger partial charge >= 0.3 is 0 Å². The second kappa shape index (κ2) is 6.46. The third-order valence-corrected chi connectivity index (χ3v) is 3.96. The summed E-state index contributed by atoms with van der Waals surface area (Å²) < 4.78 is 0. The number of nitrogens with zero attached hydrogens (tertiary/aromatic N) is 1. The lowest BCUT2D eigenvalue weighted by molar-refractivity contribution is 0.252. The topological polar surface area (TPSA) is 3.24 Å². The van der Waals surface area contributed by atoms with Crippen LogP contribution in [0.3, 0.4) is 0 Å². The molecular weight excluding hydrogens is 226 g/mol. The lowest BCUT2D eigenvalue weighted by atomic mass is 10.0. The van der Waals surface area contributed by atoms with Gasteiger partial charge < -0.3 is 0 Å². The molecule has 0 spiro atoms. The first-order valence-electron chi connectivity index (χ1n) is 6.75. The highest BCUT2D eigenvalue weighted by atomic mass is 32.1. The number of hydrogen-bond donors (Lipinski definition) is 1. The van der Waals surface area contributed by atoms with Gasteiger partial charge in [-0.05, 0) is 37.1 Å². The Morgan fingerprint density at radius 2 is 2.00 bits per heavy atom. The predicted molar refractivity (Wildman–Crippen MR) is 77.9 cm³/mol. The van der Waals surface area contributed by atoms with Gasteiger partial charge in [0.1, 0.15) is 0 Å². The molecule has 0 radical (unpaired) electrons. The summed E-state index contributed by atoms with van der Waals surface area (Å²) in [5.74, 6) is 1.52. The zero-order valence-electron chi connectivity index (χ0n) is 10.7. The van der Waals surface area contributed by atoms with Crippen molar-refractivity contribution in [1.82, 2.24) is 4.90 Å². The first-order valence-corrected chi connectivity index (χ1v) is 7.38. The van der Waals surface area contributed by atoms with Crippen molar-refractivity contribution in [1.29, 1.82) is 0 Å². The van der Waals surface area contributed by atoms with E-state index in [4.69, 9.17) is 0 Å². The van der Waals surface area contributed by atoms with Gasteiger partial charge in [0.25, 0.3) is 0 Å². The zero-order valence-corrected chi connectivity index (χ0v) is 11.6. The van der Waals surface area contributed by atoms with Gasteiger partial charge in [-0.3, -0.25) is 4.90 Å². The summed E-state index contributed by atoms with van der Waals surface area (Å²) in [5, 5.41) is 0. The fourth-order valence-corrected chi connectivity index (χ4v) is 2.75. The molecule has 0 bridgehead atoms. The van der Waals surface area contributed by atoms with Gasteiger partial charge in [-0.15, -0.1) is 0 Å². The summed E-state index contributed by atoms with van der Waals surface area (Å²) in [6.07, 6.45) is 4.05. The molecule has 1 saturated carbocycles. The molecule has 1 aliphatic carbocycles. The molecule has 1 nitrogen and oxygen atoms in total. The number of thiol groups is 1. The minimum absolute atomic E-state index is 0.576. The Bertz CT molecular complexity index is 321. The fraction of sp³-hybridized carbons (Fsp3) is 0.600. The summed E-state index contributed by atoms with van der Waals surface area (Å²) in [5.41, 5.74) is 1.43. The highest BCUT2D eigenvalue weighted by molar-refractivity contribution is 7.80. The lowest BCUT2D eigenvalue weighted by Gasteiger charge is -2.26. The van der Waals surface area contributed by atoms with E-state index >= 15 is 0 Å². The number of benzene rings is 1. The maximum Gasteiger partial charge on any atom is 0.00966 e. The van der Waals surface area contributed by atoms with Crippen molar-refractivity contribution in [3.05, 3.63) is 35.9 Å². The Kier molecular flexibility index (Phi) is 4.93. The Morgan fingerprint density at radius 1 is 1.29 bits per heavy atom. The summed E-state index contributed by atoms with van der Waals surface area (Å²) in [7, 11) is 0. The third-order valence-electron chi connectivity index (χ3n) is 3.52. The van der Waals surface area contributed by atoms with Crippen molar-refractivity contribution in [3.63, 3.8) is 0 Å². The summed E-state index contributed by atoms with van der Waals surface area (Å²) in [6.45, 7) is 4.68. The van der Waals surface area contributed by atoms with Crippen LogP contribution in [0.1, 0.15) is 37.7 Å². The molecular formula is C15H23NS. The van der Waals surface area contributed by atoms with Crippen LogP contribution in [0.25, 0.3) is 0 Å². The van der Waals surface area contributed by atoms with Gasteiger partial charge in [0, 0.05) is 18.5 Å². The third kappa shape index (κ3) is 3.75. The molecule has 1 aromatic rings. The minimum Gasteiger partial charge on any atom is -0.300 e. The molecule has 1 atom stereocenters. The van der Waals surface area contributed by atoms with Crippen molar-refractivity contribution in [2.24, 2.45) is 0 Å². The molecule has 17 heavy (non-hydrogen) atoms. The molecule has 0 N–H and O–H groups in total. The largest absolute Gasteiger partial charge is 0.300 e. The van der Waals surface area contributed by atoms with Crippen LogP contribution < -0.4 is 0 Å². The quantitative estimate of drug-likeness (QED) is 0.723. The van der Waals surface area contributed by atoms with Crippen LogP contribution in [0, 0.1) is 0 Å². The Morgan fingerprint density at radius 3 is 2.53 bits per heavy atom. The Balaban J connectivity index is 1.98. The molecule has 1 unspecified atom stereocenters. The standard InChI is InChI=1S/C15H23NS/c1-2-10-16(15-8-9-15)11-14(12-17)13-6-4-3-5-7-13/h3-7,14-15,17H,2,8-12H2,1H3. The van der Waals surface area contributed by atoms with E-state index in [0.717, 1.165) is 11.8 Å². The number of hydrogen-bond acceptors (Lipinski definition) is 2. The molecule has 1 fully saturated rings. The van der Waals surface area contributed by atoms with Crippen molar-refractivity contribution in [2.45, 2.75) is 38.1 Å². The summed E-state index contributed by atoms with van der Waals surface area (Å²) >= 11 is 4.53. The van der Waals surface area contributed by atoms with Crippen LogP contribution in [-0.4, -0.2) is 29.8 Å². The van der Waals surface area contributed by atoms with E-state index in [2.05, 4.69) is 54.8 Å². The van der Waals surface area contributed by atoms with Gasteiger partial charge in [-0.2, -0.15) is 12.6 Å². The molecule has 94 valence electrons. The first kappa shape index (κ1) is 13.0. The average molecular weight is 249 g/mol. The fourth-order valence-electron chi connectivity index (χ4n) is 2.43. The molecule has 0 aliphatic heterocycles. The highest BCUT2D eigenvalue weighted by Gasteiger charge is 2.29. The van der Waals surface area contributed by atoms with Crippen LogP contribution in [0.4, 0.5) is 0 Å². The molecule has 2 rings (SSSR count). The van der Waals surface area contributed by atoms with Gasteiger partial charge in [0.2, 0.25) is 0 Å². The smallest absolute Gasteiger partial charge is 0.00966 e. The van der Waals surface area contributed by atoms with Crippen LogP contribution in [0.15, 0.2) is 30.3 Å². The van der Waals surface area contributed by atoms with E-state index in [1.807, 2.05) is 0 Å². The summed E-state index contributed by atoms with van der Waals surface area (Å²) in [4.78, 5) is 2.66. The van der Waals surface area contributed by atoms with E-state index in [-0.39, 0.29) is 0 Å². The van der Waals surface area contributed by atoms with E-state index in [1.54, 1.807) is 0 Å². The Hall–Kier alpha value is -0.470. The maximum absolute atomic E-state index is 4.53. The van der Waals surface area contributed by atoms with Crippen molar-refractivity contribution in [2.75, 3.05) is 18.8 Å². The van der Waals surface area contributed by atoms with Crippen molar-refractivity contribution in [3.8, 4) is 0 Å². The van der Waals surface area contributed by atoms with Crippen molar-refractivity contribution >= 4 is 12.6 Å². The van der Waals surface area contributed by atoms with E-state index in [1.165, 1.54) is 37.9 Å². The van der Waals surface area contributed by atoms with E-state index in [9.17, 15) is 0 Å². The lowest BCUT2D eigenvalue weighted by Crippen LogP contribution is -2.32. The number of rotatable bonds is 7. The SMILES string of the molecule is CCCN(CC(CS)c1ccccc1)C1CC1. The molecule has 1 aliphatic rings. The molecule has 0 saturated heterocycles. The van der Waals surface area contributed by atoms with Gasteiger partial charge in [0.15, 0.2) is 0 Å². The van der Waals surface area contributed by atoms with Crippen molar-refractivity contribution < 1.29 is 0 Å². The van der Waals surface area contributed by atoms with Gasteiger partial charge in [-0.25, -0.2) is 0 Å². The Labute approximate surface area is 111 Å². The highest BCUT2D eigenvalue weighted by Crippen LogP contribution is 2.29. The zero-order chi connectivity index (χ0) is 12.1. The second-order valence-corrected chi connectivity index (χ2v) is 5.38. The first-order chi connectivity index (χ1) is 8.35. The predicted octanol–water partition coefficient (Wildman–Crippen LogP) is 3.57. The van der Waals surface area contributed by atoms with Crippen LogP contribution in [-0.2, 0) is 0 Å². The monoisotopic (exact) mass is 249 g/mol. The van der Waals surface area contributed by atoms with Gasteiger partial charge in [-0.1, -0.05) is 37.3 Å². The summed E-state index contributed by atoms with van der Waals surface area (Å²) in [6, 6.07) is 11.7. The second-order valence-electron chi connectivity index (χ2n) is 5.02. The van der Waals surface area contributed by atoms with Crippen LogP contribution in [0.5, 0.6) is 0 Å². The molecule has 0 heterocycles. The van der Waals surface area contributed by atoms with Crippen LogP contribution >= 0.6 is 12.6 Å². The maximum atomic E-state index is 4.53. The minimum atomic E-state index is 0.576. The molecule has 0 amide bonds. The molecule has 0 aromatic heterocycles. The molecule has 2 heteroatoms. The van der Waals surface area contributed by atoms with Gasteiger partial charge in [0.05, 0.1) is 0 Å². The van der Waals surface area contributed by atoms with E-state index < -0.39 is 0 Å². The van der Waals surface area contributed by atoms with E-state index in [0.29, 0.717) is 5.92 Å². The molecule has 1 aromatic carbocycles.